The fourth-order valence-electron chi connectivity index (χ4n) is 2.01. The highest BCUT2D eigenvalue weighted by atomic mass is 79.9. The Balaban J connectivity index is 2.14. The Kier molecular flexibility index (Phi) is 4.90. The molecule has 0 radical (unpaired) electrons. The van der Waals surface area contributed by atoms with Crippen LogP contribution >= 0.6 is 15.9 Å². The van der Waals surface area contributed by atoms with Gasteiger partial charge in [0, 0.05) is 4.47 Å². The lowest BCUT2D eigenvalue weighted by Crippen LogP contribution is -2.20. The van der Waals surface area contributed by atoms with Gasteiger partial charge in [-0.05, 0) is 29.7 Å². The van der Waals surface area contributed by atoms with Crippen molar-refractivity contribution in [1.82, 2.24) is 0 Å². The minimum Gasteiger partial charge on any atom is -0.506 e. The van der Waals surface area contributed by atoms with E-state index in [1.54, 1.807) is 6.07 Å². The zero-order valence-corrected chi connectivity index (χ0v) is 13.9. The summed E-state index contributed by atoms with van der Waals surface area (Å²) in [5.74, 6) is -0.296. The number of sulfonamides is 1. The summed E-state index contributed by atoms with van der Waals surface area (Å²) in [4.78, 5) is 0. The van der Waals surface area contributed by atoms with Crippen molar-refractivity contribution in [3.05, 3.63) is 58.6 Å². The van der Waals surface area contributed by atoms with Crippen LogP contribution in [0.25, 0.3) is 0 Å². The molecule has 0 saturated heterocycles. The number of phenolic OH excluding ortho intramolecular Hbond substituents is 1. The van der Waals surface area contributed by atoms with Crippen LogP contribution in [0.15, 0.2) is 53.0 Å². The molecule has 21 heavy (non-hydrogen) atoms. The molecule has 0 aromatic heterocycles. The van der Waals surface area contributed by atoms with Crippen molar-refractivity contribution in [2.24, 2.45) is 0 Å². The summed E-state index contributed by atoms with van der Waals surface area (Å²) in [5, 5.41) is 9.70. The van der Waals surface area contributed by atoms with Crippen molar-refractivity contribution in [2.75, 3.05) is 10.5 Å². The maximum absolute atomic E-state index is 12.2. The van der Waals surface area contributed by atoms with E-state index in [1.165, 1.54) is 12.1 Å². The first kappa shape index (κ1) is 15.9. The maximum Gasteiger partial charge on any atom is 0.233 e. The largest absolute Gasteiger partial charge is 0.506 e. The van der Waals surface area contributed by atoms with Crippen molar-refractivity contribution in [2.45, 2.75) is 12.8 Å². The number of hydrogen-bond donors (Lipinski definition) is 2. The Hall–Kier alpha value is -1.53. The maximum atomic E-state index is 12.2. The summed E-state index contributed by atoms with van der Waals surface area (Å²) in [7, 11) is -3.55. The van der Waals surface area contributed by atoms with Gasteiger partial charge >= 0.3 is 0 Å². The quantitative estimate of drug-likeness (QED) is 0.789. The third kappa shape index (κ3) is 4.47. The summed E-state index contributed by atoms with van der Waals surface area (Å²) in [6, 6.07) is 14.1. The molecule has 6 heteroatoms. The molecule has 0 amide bonds. The third-order valence-corrected chi connectivity index (χ3v) is 5.03. The lowest BCUT2D eigenvalue weighted by atomic mass is 10.0. The van der Waals surface area contributed by atoms with Crippen LogP contribution in [0.5, 0.6) is 5.75 Å². The van der Waals surface area contributed by atoms with Crippen molar-refractivity contribution in [1.29, 1.82) is 0 Å². The monoisotopic (exact) mass is 369 g/mol. The number of hydrogen-bond acceptors (Lipinski definition) is 3. The second-order valence-electron chi connectivity index (χ2n) is 4.86. The lowest BCUT2D eigenvalue weighted by molar-refractivity contribution is 0.477. The molecule has 2 aromatic rings. The van der Waals surface area contributed by atoms with Gasteiger partial charge in [0.15, 0.2) is 0 Å². The van der Waals surface area contributed by atoms with E-state index in [1.807, 2.05) is 37.3 Å². The van der Waals surface area contributed by atoms with Crippen molar-refractivity contribution in [3.63, 3.8) is 0 Å². The Morgan fingerprint density at radius 3 is 2.52 bits per heavy atom. The molecule has 0 heterocycles. The van der Waals surface area contributed by atoms with Crippen LogP contribution in [-0.2, 0) is 10.0 Å². The highest BCUT2D eigenvalue weighted by Gasteiger charge is 2.18. The number of halogens is 1. The molecule has 2 N–H and O–H groups in total. The standard InChI is InChI=1S/C15H16BrNO3S/c1-11(12-5-3-2-4-6-12)10-21(19,20)17-14-9-13(16)7-8-15(14)18/h2-9,11,17-18H,10H2,1H3. The number of anilines is 1. The highest BCUT2D eigenvalue weighted by Crippen LogP contribution is 2.28. The summed E-state index contributed by atoms with van der Waals surface area (Å²) < 4.78 is 27.5. The van der Waals surface area contributed by atoms with Gasteiger partial charge in [-0.3, -0.25) is 4.72 Å². The normalized spacial score (nSPS) is 12.9. The first-order valence-electron chi connectivity index (χ1n) is 6.41. The van der Waals surface area contributed by atoms with Gasteiger partial charge in [-0.25, -0.2) is 8.42 Å². The third-order valence-electron chi connectivity index (χ3n) is 3.06. The fourth-order valence-corrected chi connectivity index (χ4v) is 3.80. The van der Waals surface area contributed by atoms with Gasteiger partial charge in [-0.2, -0.15) is 0 Å². The zero-order valence-electron chi connectivity index (χ0n) is 11.5. The summed E-state index contributed by atoms with van der Waals surface area (Å²) in [6.45, 7) is 1.86. The Labute approximate surface area is 133 Å². The number of benzene rings is 2. The molecule has 0 saturated carbocycles. The van der Waals surface area contributed by atoms with Crippen LogP contribution in [0, 0.1) is 0 Å². The van der Waals surface area contributed by atoms with E-state index < -0.39 is 10.0 Å². The lowest BCUT2D eigenvalue weighted by Gasteiger charge is -2.14. The number of aromatic hydroxyl groups is 1. The first-order valence-corrected chi connectivity index (χ1v) is 8.86. The van der Waals surface area contributed by atoms with Gasteiger partial charge in [0.1, 0.15) is 5.75 Å². The van der Waals surface area contributed by atoms with Crippen molar-refractivity contribution >= 4 is 31.6 Å². The van der Waals surface area contributed by atoms with Crippen LogP contribution in [0.2, 0.25) is 0 Å². The van der Waals surface area contributed by atoms with Crippen LogP contribution in [0.3, 0.4) is 0 Å². The Morgan fingerprint density at radius 2 is 1.86 bits per heavy atom. The molecule has 2 aromatic carbocycles. The molecular formula is C15H16BrNO3S. The summed E-state index contributed by atoms with van der Waals surface area (Å²) in [5.41, 5.74) is 1.13. The van der Waals surface area contributed by atoms with Crippen LogP contribution in [0.4, 0.5) is 5.69 Å². The molecule has 1 atom stereocenters. The molecule has 0 bridgehead atoms. The van der Waals surface area contributed by atoms with Crippen LogP contribution in [0.1, 0.15) is 18.4 Å². The smallest absolute Gasteiger partial charge is 0.233 e. The Morgan fingerprint density at radius 1 is 1.19 bits per heavy atom. The molecular weight excluding hydrogens is 354 g/mol. The van der Waals surface area contributed by atoms with E-state index in [0.29, 0.717) is 4.47 Å². The zero-order chi connectivity index (χ0) is 15.5. The van der Waals surface area contributed by atoms with Gasteiger partial charge in [-0.1, -0.05) is 53.2 Å². The summed E-state index contributed by atoms with van der Waals surface area (Å²) >= 11 is 3.25. The Bertz CT molecular complexity index is 717. The number of rotatable bonds is 5. The van der Waals surface area contributed by atoms with Crippen LogP contribution < -0.4 is 4.72 Å². The molecule has 0 spiro atoms. The molecule has 112 valence electrons. The SMILES string of the molecule is CC(CS(=O)(=O)Nc1cc(Br)ccc1O)c1ccccc1. The van der Waals surface area contributed by atoms with Gasteiger partial charge in [0.25, 0.3) is 0 Å². The summed E-state index contributed by atoms with van der Waals surface area (Å²) in [6.07, 6.45) is 0. The predicted octanol–water partition coefficient (Wildman–Crippen LogP) is 3.70. The van der Waals surface area contributed by atoms with Gasteiger partial charge in [0.05, 0.1) is 11.4 Å². The second kappa shape index (κ2) is 6.49. The minimum absolute atomic E-state index is 0.0526. The topological polar surface area (TPSA) is 66.4 Å². The number of phenols is 1. The van der Waals surface area contributed by atoms with E-state index in [2.05, 4.69) is 20.7 Å². The van der Waals surface area contributed by atoms with Gasteiger partial charge in [0.2, 0.25) is 10.0 Å². The fraction of sp³-hybridized carbons (Fsp3) is 0.200. The molecule has 2 rings (SSSR count). The van der Waals surface area contributed by atoms with E-state index in [4.69, 9.17) is 0 Å². The molecule has 0 aliphatic rings. The highest BCUT2D eigenvalue weighted by molar-refractivity contribution is 9.10. The molecule has 1 unspecified atom stereocenters. The average Bonchev–Trinajstić information content (AvgIpc) is 2.43. The van der Waals surface area contributed by atoms with E-state index in [0.717, 1.165) is 5.56 Å². The van der Waals surface area contributed by atoms with E-state index in [-0.39, 0.29) is 23.1 Å². The average molecular weight is 370 g/mol. The van der Waals surface area contributed by atoms with Gasteiger partial charge < -0.3 is 5.11 Å². The molecule has 4 nitrogen and oxygen atoms in total. The molecule has 0 aliphatic heterocycles. The van der Waals surface area contributed by atoms with E-state index >= 15 is 0 Å². The minimum atomic E-state index is -3.55. The van der Waals surface area contributed by atoms with E-state index in [9.17, 15) is 13.5 Å². The first-order chi connectivity index (χ1) is 9.87. The van der Waals surface area contributed by atoms with Crippen molar-refractivity contribution < 1.29 is 13.5 Å². The van der Waals surface area contributed by atoms with Crippen molar-refractivity contribution in [3.8, 4) is 5.75 Å². The molecule has 0 fully saturated rings. The van der Waals surface area contributed by atoms with Gasteiger partial charge in [-0.15, -0.1) is 0 Å². The molecule has 0 aliphatic carbocycles. The van der Waals surface area contributed by atoms with Crippen LogP contribution in [-0.4, -0.2) is 19.3 Å². The number of nitrogens with one attached hydrogen (secondary N) is 1. The predicted molar refractivity (Wildman–Crippen MR) is 88.1 cm³/mol. The second-order valence-corrected chi connectivity index (χ2v) is 7.54.